The maximum atomic E-state index is 13.4. The number of hydrogen-bond acceptors (Lipinski definition) is 2. The standard InChI is InChI=1S/C16H14BrF3N2O/c1-9-8-10(17)2-4-12(9)22-14(23)6-7-21-13-5-3-11(18)15(19)16(13)20/h2-5,8,21H,6-7H2,1H3,(H,22,23). The molecule has 0 atom stereocenters. The minimum atomic E-state index is -1.54. The molecule has 0 saturated heterocycles. The fourth-order valence-electron chi connectivity index (χ4n) is 1.95. The van der Waals surface area contributed by atoms with Crippen LogP contribution in [0.5, 0.6) is 0 Å². The monoisotopic (exact) mass is 386 g/mol. The molecule has 0 fully saturated rings. The van der Waals surface area contributed by atoms with Crippen LogP contribution in [0.1, 0.15) is 12.0 Å². The normalized spacial score (nSPS) is 10.5. The Morgan fingerprint density at radius 3 is 2.48 bits per heavy atom. The van der Waals surface area contributed by atoms with Crippen molar-refractivity contribution in [3.63, 3.8) is 0 Å². The lowest BCUT2D eigenvalue weighted by molar-refractivity contribution is -0.115. The predicted molar refractivity (Wildman–Crippen MR) is 86.9 cm³/mol. The lowest BCUT2D eigenvalue weighted by atomic mass is 10.2. The molecule has 2 aromatic carbocycles. The summed E-state index contributed by atoms with van der Waals surface area (Å²) in [5, 5.41) is 5.30. The number of amides is 1. The summed E-state index contributed by atoms with van der Waals surface area (Å²) >= 11 is 3.33. The van der Waals surface area contributed by atoms with Crippen molar-refractivity contribution in [2.24, 2.45) is 0 Å². The maximum absolute atomic E-state index is 13.4. The molecule has 0 heterocycles. The summed E-state index contributed by atoms with van der Waals surface area (Å²) in [6.07, 6.45) is 0.0495. The summed E-state index contributed by atoms with van der Waals surface area (Å²) in [7, 11) is 0. The van der Waals surface area contributed by atoms with E-state index in [1.807, 2.05) is 13.0 Å². The minimum Gasteiger partial charge on any atom is -0.382 e. The van der Waals surface area contributed by atoms with Crippen LogP contribution in [0.3, 0.4) is 0 Å². The van der Waals surface area contributed by atoms with Crippen LogP contribution in [0.2, 0.25) is 0 Å². The summed E-state index contributed by atoms with van der Waals surface area (Å²) in [5.74, 6) is -4.36. The molecule has 0 saturated carbocycles. The van der Waals surface area contributed by atoms with Crippen LogP contribution in [-0.4, -0.2) is 12.5 Å². The van der Waals surface area contributed by atoms with E-state index >= 15 is 0 Å². The predicted octanol–water partition coefficient (Wildman–Crippen LogP) is 4.62. The van der Waals surface area contributed by atoms with Crippen LogP contribution in [0.4, 0.5) is 24.5 Å². The fourth-order valence-corrected chi connectivity index (χ4v) is 2.43. The van der Waals surface area contributed by atoms with Crippen molar-refractivity contribution in [1.82, 2.24) is 0 Å². The van der Waals surface area contributed by atoms with Gasteiger partial charge in [-0.3, -0.25) is 4.79 Å². The number of carbonyl (C=O) groups excluding carboxylic acids is 1. The summed E-state index contributed by atoms with van der Waals surface area (Å²) in [5.41, 5.74) is 1.39. The van der Waals surface area contributed by atoms with E-state index in [4.69, 9.17) is 0 Å². The Morgan fingerprint density at radius 2 is 1.78 bits per heavy atom. The van der Waals surface area contributed by atoms with Crippen molar-refractivity contribution in [2.75, 3.05) is 17.2 Å². The highest BCUT2D eigenvalue weighted by Gasteiger charge is 2.13. The second-order valence-corrected chi connectivity index (χ2v) is 5.82. The van der Waals surface area contributed by atoms with Gasteiger partial charge in [0.1, 0.15) is 0 Å². The van der Waals surface area contributed by atoms with Crippen LogP contribution in [-0.2, 0) is 4.79 Å². The Hall–Kier alpha value is -2.02. The largest absolute Gasteiger partial charge is 0.382 e. The molecule has 2 N–H and O–H groups in total. The second kappa shape index (κ2) is 7.50. The first-order valence-electron chi connectivity index (χ1n) is 6.82. The third-order valence-electron chi connectivity index (χ3n) is 3.17. The Balaban J connectivity index is 1.89. The van der Waals surface area contributed by atoms with E-state index in [0.717, 1.165) is 22.2 Å². The van der Waals surface area contributed by atoms with Crippen molar-refractivity contribution in [2.45, 2.75) is 13.3 Å². The average molecular weight is 387 g/mol. The summed E-state index contributed by atoms with van der Waals surface area (Å²) < 4.78 is 40.2. The number of rotatable bonds is 5. The number of hydrogen-bond donors (Lipinski definition) is 2. The Morgan fingerprint density at radius 1 is 1.09 bits per heavy atom. The molecule has 0 aliphatic carbocycles. The first-order chi connectivity index (χ1) is 10.9. The van der Waals surface area contributed by atoms with Gasteiger partial charge < -0.3 is 10.6 Å². The van der Waals surface area contributed by atoms with Crippen molar-refractivity contribution in [1.29, 1.82) is 0 Å². The van der Waals surface area contributed by atoms with Gasteiger partial charge in [-0.1, -0.05) is 15.9 Å². The number of halogens is 4. The zero-order chi connectivity index (χ0) is 17.0. The van der Waals surface area contributed by atoms with Gasteiger partial charge in [-0.15, -0.1) is 0 Å². The molecule has 0 unspecified atom stereocenters. The molecular formula is C16H14BrF3N2O. The Labute approximate surface area is 140 Å². The minimum absolute atomic E-state index is 0.0495. The molecule has 2 aromatic rings. The van der Waals surface area contributed by atoms with Crippen LogP contribution in [0.25, 0.3) is 0 Å². The van der Waals surface area contributed by atoms with Crippen molar-refractivity contribution >= 4 is 33.2 Å². The van der Waals surface area contributed by atoms with Crippen LogP contribution >= 0.6 is 15.9 Å². The van der Waals surface area contributed by atoms with Gasteiger partial charge in [0, 0.05) is 23.1 Å². The zero-order valence-corrected chi connectivity index (χ0v) is 13.8. The lowest BCUT2D eigenvalue weighted by Gasteiger charge is -2.10. The van der Waals surface area contributed by atoms with E-state index in [1.54, 1.807) is 12.1 Å². The molecule has 0 aliphatic heterocycles. The molecule has 122 valence electrons. The molecule has 0 bridgehead atoms. The number of anilines is 2. The van der Waals surface area contributed by atoms with Gasteiger partial charge in [0.15, 0.2) is 17.5 Å². The van der Waals surface area contributed by atoms with E-state index in [2.05, 4.69) is 26.6 Å². The van der Waals surface area contributed by atoms with Gasteiger partial charge >= 0.3 is 0 Å². The molecule has 2 rings (SSSR count). The number of benzene rings is 2. The van der Waals surface area contributed by atoms with Crippen LogP contribution in [0, 0.1) is 24.4 Å². The molecule has 7 heteroatoms. The van der Waals surface area contributed by atoms with Gasteiger partial charge in [-0.2, -0.15) is 0 Å². The first kappa shape index (κ1) is 17.3. The average Bonchev–Trinajstić information content (AvgIpc) is 2.50. The van der Waals surface area contributed by atoms with Gasteiger partial charge in [0.2, 0.25) is 5.91 Å². The molecule has 23 heavy (non-hydrogen) atoms. The van der Waals surface area contributed by atoms with E-state index < -0.39 is 17.5 Å². The van der Waals surface area contributed by atoms with Gasteiger partial charge in [-0.25, -0.2) is 13.2 Å². The maximum Gasteiger partial charge on any atom is 0.226 e. The summed E-state index contributed by atoms with van der Waals surface area (Å²) in [4.78, 5) is 11.9. The van der Waals surface area contributed by atoms with Crippen LogP contribution in [0.15, 0.2) is 34.8 Å². The number of carbonyl (C=O) groups is 1. The van der Waals surface area contributed by atoms with Crippen molar-refractivity contribution in [3.8, 4) is 0 Å². The molecular weight excluding hydrogens is 373 g/mol. The topological polar surface area (TPSA) is 41.1 Å². The summed E-state index contributed by atoms with van der Waals surface area (Å²) in [6.45, 7) is 1.94. The highest BCUT2D eigenvalue weighted by Crippen LogP contribution is 2.21. The quantitative estimate of drug-likeness (QED) is 0.736. The summed E-state index contributed by atoms with van der Waals surface area (Å²) in [6, 6.07) is 7.35. The van der Waals surface area contributed by atoms with Gasteiger partial charge in [-0.05, 0) is 42.8 Å². The van der Waals surface area contributed by atoms with E-state index in [-0.39, 0.29) is 24.6 Å². The third-order valence-corrected chi connectivity index (χ3v) is 3.66. The second-order valence-electron chi connectivity index (χ2n) is 4.91. The van der Waals surface area contributed by atoms with E-state index in [9.17, 15) is 18.0 Å². The van der Waals surface area contributed by atoms with Crippen molar-refractivity contribution < 1.29 is 18.0 Å². The van der Waals surface area contributed by atoms with Crippen LogP contribution < -0.4 is 10.6 Å². The zero-order valence-electron chi connectivity index (χ0n) is 12.2. The Bertz CT molecular complexity index is 738. The highest BCUT2D eigenvalue weighted by atomic mass is 79.9. The highest BCUT2D eigenvalue weighted by molar-refractivity contribution is 9.10. The molecule has 1 amide bonds. The molecule has 0 aromatic heterocycles. The molecule has 3 nitrogen and oxygen atoms in total. The first-order valence-corrected chi connectivity index (χ1v) is 7.61. The third kappa shape index (κ3) is 4.48. The molecule has 0 aliphatic rings. The SMILES string of the molecule is Cc1cc(Br)ccc1NC(=O)CCNc1ccc(F)c(F)c1F. The van der Waals surface area contributed by atoms with E-state index in [0.29, 0.717) is 5.69 Å². The lowest BCUT2D eigenvalue weighted by Crippen LogP contribution is -2.17. The van der Waals surface area contributed by atoms with Gasteiger partial charge in [0.25, 0.3) is 0 Å². The van der Waals surface area contributed by atoms with E-state index in [1.165, 1.54) is 0 Å². The number of aryl methyl sites for hydroxylation is 1. The smallest absolute Gasteiger partial charge is 0.226 e. The molecule has 0 radical (unpaired) electrons. The number of nitrogens with one attached hydrogen (secondary N) is 2. The molecule has 0 spiro atoms. The Kier molecular flexibility index (Phi) is 5.65. The van der Waals surface area contributed by atoms with Gasteiger partial charge in [0.05, 0.1) is 5.69 Å². The van der Waals surface area contributed by atoms with Crippen molar-refractivity contribution in [3.05, 3.63) is 57.8 Å². The fraction of sp³-hybridized carbons (Fsp3) is 0.188.